The van der Waals surface area contributed by atoms with Gasteiger partial charge in [0, 0.05) is 57.6 Å². The van der Waals surface area contributed by atoms with E-state index in [4.69, 9.17) is 0 Å². The monoisotopic (exact) mass is 250 g/mol. The highest BCUT2D eigenvalue weighted by Gasteiger charge is 2.18. The van der Waals surface area contributed by atoms with Crippen molar-refractivity contribution in [3.63, 3.8) is 0 Å². The van der Waals surface area contributed by atoms with Crippen LogP contribution in [-0.2, 0) is 11.3 Å². The molecular formula is C13H22N4O. The minimum absolute atomic E-state index is 0.0436. The normalized spacial score (nSPS) is 18.5. The lowest BCUT2D eigenvalue weighted by Crippen LogP contribution is -2.47. The van der Waals surface area contributed by atoms with Crippen LogP contribution in [0, 0.1) is 5.92 Å². The van der Waals surface area contributed by atoms with E-state index in [-0.39, 0.29) is 11.8 Å². The smallest absolute Gasteiger partial charge is 0.224 e. The first-order chi connectivity index (χ1) is 8.75. The van der Waals surface area contributed by atoms with Crippen molar-refractivity contribution in [2.75, 3.05) is 32.7 Å². The Kier molecular flexibility index (Phi) is 4.78. The third kappa shape index (κ3) is 3.85. The van der Waals surface area contributed by atoms with Gasteiger partial charge >= 0.3 is 0 Å². The molecule has 1 aromatic rings. The van der Waals surface area contributed by atoms with Gasteiger partial charge in [0.1, 0.15) is 0 Å². The number of carbonyl (C=O) groups excluding carboxylic acids is 1. The number of hydrogen-bond acceptors (Lipinski definition) is 3. The zero-order valence-corrected chi connectivity index (χ0v) is 10.9. The number of hydrogen-bond donors (Lipinski definition) is 3. The molecule has 2 heterocycles. The number of aromatic amines is 1. The Hall–Kier alpha value is -1.33. The van der Waals surface area contributed by atoms with Gasteiger partial charge in [-0.15, -0.1) is 0 Å². The average molecular weight is 250 g/mol. The predicted octanol–water partition coefficient (Wildman–Crippen LogP) is 0.172. The lowest BCUT2D eigenvalue weighted by Gasteiger charge is -2.29. The van der Waals surface area contributed by atoms with Gasteiger partial charge in [0.15, 0.2) is 0 Å². The van der Waals surface area contributed by atoms with E-state index in [9.17, 15) is 4.79 Å². The SMILES string of the molecule is CC(CN1CCNCC1)C(=O)NCc1cc[nH]c1. The van der Waals surface area contributed by atoms with Crippen LogP contribution in [0.25, 0.3) is 0 Å². The number of amides is 1. The molecule has 1 amide bonds. The molecule has 100 valence electrons. The molecule has 0 aromatic carbocycles. The highest BCUT2D eigenvalue weighted by atomic mass is 16.1. The van der Waals surface area contributed by atoms with Gasteiger partial charge < -0.3 is 20.5 Å². The van der Waals surface area contributed by atoms with Crippen molar-refractivity contribution >= 4 is 5.91 Å². The van der Waals surface area contributed by atoms with Crippen LogP contribution < -0.4 is 10.6 Å². The summed E-state index contributed by atoms with van der Waals surface area (Å²) in [5, 5.41) is 6.29. The maximum Gasteiger partial charge on any atom is 0.224 e. The molecule has 0 spiro atoms. The molecule has 1 aromatic heterocycles. The third-order valence-corrected chi connectivity index (χ3v) is 3.32. The van der Waals surface area contributed by atoms with E-state index in [1.165, 1.54) is 0 Å². The largest absolute Gasteiger partial charge is 0.367 e. The van der Waals surface area contributed by atoms with Gasteiger partial charge in [0.2, 0.25) is 5.91 Å². The van der Waals surface area contributed by atoms with Gasteiger partial charge in [-0.3, -0.25) is 4.79 Å². The van der Waals surface area contributed by atoms with Crippen LogP contribution in [0.4, 0.5) is 0 Å². The molecule has 5 nitrogen and oxygen atoms in total. The summed E-state index contributed by atoms with van der Waals surface area (Å²) in [6, 6.07) is 1.97. The molecular weight excluding hydrogens is 228 g/mol. The fourth-order valence-corrected chi connectivity index (χ4v) is 2.20. The molecule has 0 aliphatic carbocycles. The maximum atomic E-state index is 11.9. The van der Waals surface area contributed by atoms with Gasteiger partial charge in [0.05, 0.1) is 0 Å². The Labute approximate surface area is 108 Å². The molecule has 1 saturated heterocycles. The fourth-order valence-electron chi connectivity index (χ4n) is 2.20. The molecule has 1 aliphatic heterocycles. The first-order valence-corrected chi connectivity index (χ1v) is 6.58. The van der Waals surface area contributed by atoms with Gasteiger partial charge in [-0.05, 0) is 11.6 Å². The summed E-state index contributed by atoms with van der Waals surface area (Å²) < 4.78 is 0. The van der Waals surface area contributed by atoms with Crippen molar-refractivity contribution in [1.82, 2.24) is 20.5 Å². The summed E-state index contributed by atoms with van der Waals surface area (Å²) in [4.78, 5) is 17.3. The molecule has 1 unspecified atom stereocenters. The summed E-state index contributed by atoms with van der Waals surface area (Å²) in [7, 11) is 0. The molecule has 1 aliphatic rings. The molecule has 1 atom stereocenters. The molecule has 0 bridgehead atoms. The van der Waals surface area contributed by atoms with E-state index in [0.717, 1.165) is 38.3 Å². The summed E-state index contributed by atoms with van der Waals surface area (Å²) >= 11 is 0. The first-order valence-electron chi connectivity index (χ1n) is 6.58. The molecule has 3 N–H and O–H groups in total. The summed E-state index contributed by atoms with van der Waals surface area (Å²) in [5.74, 6) is 0.178. The van der Waals surface area contributed by atoms with E-state index < -0.39 is 0 Å². The Morgan fingerprint density at radius 1 is 1.50 bits per heavy atom. The summed E-state index contributed by atoms with van der Waals surface area (Å²) in [6.07, 6.45) is 3.77. The average Bonchev–Trinajstić information content (AvgIpc) is 2.90. The van der Waals surface area contributed by atoms with Crippen molar-refractivity contribution < 1.29 is 4.79 Å². The van der Waals surface area contributed by atoms with Crippen LogP contribution in [0.2, 0.25) is 0 Å². The van der Waals surface area contributed by atoms with Crippen molar-refractivity contribution in [2.24, 2.45) is 5.92 Å². The van der Waals surface area contributed by atoms with Crippen molar-refractivity contribution in [1.29, 1.82) is 0 Å². The third-order valence-electron chi connectivity index (χ3n) is 3.32. The van der Waals surface area contributed by atoms with Crippen LogP contribution in [0.5, 0.6) is 0 Å². The minimum atomic E-state index is 0.0436. The second kappa shape index (κ2) is 6.56. The van der Waals surface area contributed by atoms with Crippen LogP contribution in [0.3, 0.4) is 0 Å². The molecule has 18 heavy (non-hydrogen) atoms. The Bertz CT molecular complexity index is 357. The highest BCUT2D eigenvalue weighted by Crippen LogP contribution is 2.03. The van der Waals surface area contributed by atoms with E-state index in [1.54, 1.807) is 0 Å². The van der Waals surface area contributed by atoms with Crippen LogP contribution >= 0.6 is 0 Å². The lowest BCUT2D eigenvalue weighted by atomic mass is 10.1. The summed E-state index contributed by atoms with van der Waals surface area (Å²) in [6.45, 7) is 7.57. The molecule has 1 fully saturated rings. The van der Waals surface area contributed by atoms with E-state index in [2.05, 4.69) is 20.5 Å². The standard InChI is InChI=1S/C13H22N4O/c1-11(10-17-6-4-14-5-7-17)13(18)16-9-12-2-3-15-8-12/h2-3,8,11,14-15H,4-7,9-10H2,1H3,(H,16,18). The van der Waals surface area contributed by atoms with E-state index >= 15 is 0 Å². The zero-order chi connectivity index (χ0) is 12.8. The lowest BCUT2D eigenvalue weighted by molar-refractivity contribution is -0.125. The number of aromatic nitrogens is 1. The zero-order valence-electron chi connectivity index (χ0n) is 10.9. The Balaban J connectivity index is 1.70. The van der Waals surface area contributed by atoms with Crippen molar-refractivity contribution in [3.8, 4) is 0 Å². The van der Waals surface area contributed by atoms with Gasteiger partial charge in [-0.1, -0.05) is 6.92 Å². The Morgan fingerprint density at radius 3 is 2.94 bits per heavy atom. The predicted molar refractivity (Wildman–Crippen MR) is 71.1 cm³/mol. The number of piperazine rings is 1. The number of carbonyl (C=O) groups is 1. The number of H-pyrrole nitrogens is 1. The highest BCUT2D eigenvalue weighted by molar-refractivity contribution is 5.78. The van der Waals surface area contributed by atoms with Gasteiger partial charge in [0.25, 0.3) is 0 Å². The van der Waals surface area contributed by atoms with Crippen LogP contribution in [-0.4, -0.2) is 48.5 Å². The second-order valence-corrected chi connectivity index (χ2v) is 4.89. The molecule has 0 radical (unpaired) electrons. The maximum absolute atomic E-state index is 11.9. The number of rotatable bonds is 5. The second-order valence-electron chi connectivity index (χ2n) is 4.89. The molecule has 2 rings (SSSR count). The van der Waals surface area contributed by atoms with Crippen molar-refractivity contribution in [3.05, 3.63) is 24.0 Å². The van der Waals surface area contributed by atoms with Crippen LogP contribution in [0.15, 0.2) is 18.5 Å². The first kappa shape index (κ1) is 13.1. The Morgan fingerprint density at radius 2 is 2.28 bits per heavy atom. The number of nitrogens with zero attached hydrogens (tertiary/aromatic N) is 1. The van der Waals surface area contributed by atoms with E-state index in [1.807, 2.05) is 25.4 Å². The molecule has 0 saturated carbocycles. The fraction of sp³-hybridized carbons (Fsp3) is 0.615. The van der Waals surface area contributed by atoms with E-state index in [0.29, 0.717) is 6.54 Å². The molecule has 5 heteroatoms. The topological polar surface area (TPSA) is 60.2 Å². The quantitative estimate of drug-likeness (QED) is 0.698. The van der Waals surface area contributed by atoms with Gasteiger partial charge in [-0.25, -0.2) is 0 Å². The minimum Gasteiger partial charge on any atom is -0.367 e. The van der Waals surface area contributed by atoms with Gasteiger partial charge in [-0.2, -0.15) is 0 Å². The number of nitrogens with one attached hydrogen (secondary N) is 3. The van der Waals surface area contributed by atoms with Crippen molar-refractivity contribution in [2.45, 2.75) is 13.5 Å². The summed E-state index contributed by atoms with van der Waals surface area (Å²) in [5.41, 5.74) is 1.11. The van der Waals surface area contributed by atoms with Crippen LogP contribution in [0.1, 0.15) is 12.5 Å².